The SMILES string of the molecule is CCCCCCCCCCC=CC(CCCC)(C(=O)[O-])N1C(=O)CCC1=O.[K+]. The fourth-order valence-corrected chi connectivity index (χ4v) is 3.67. The van der Waals surface area contributed by atoms with Gasteiger partial charge >= 0.3 is 51.4 Å². The van der Waals surface area contributed by atoms with E-state index in [0.717, 1.165) is 30.6 Å². The molecular weight excluding hydrogens is 381 g/mol. The maximum absolute atomic E-state index is 12.2. The van der Waals surface area contributed by atoms with E-state index < -0.39 is 23.3 Å². The number of likely N-dealkylation sites (tertiary alicyclic amines) is 1. The van der Waals surface area contributed by atoms with Crippen LogP contribution < -0.4 is 56.5 Å². The van der Waals surface area contributed by atoms with Crippen LogP contribution in [0.2, 0.25) is 0 Å². The van der Waals surface area contributed by atoms with Crippen molar-refractivity contribution >= 4 is 17.8 Å². The van der Waals surface area contributed by atoms with E-state index in [-0.39, 0.29) is 70.6 Å². The van der Waals surface area contributed by atoms with Crippen LogP contribution in [0.3, 0.4) is 0 Å². The van der Waals surface area contributed by atoms with Crippen molar-refractivity contribution in [3.8, 4) is 0 Å². The summed E-state index contributed by atoms with van der Waals surface area (Å²) < 4.78 is 0. The predicted molar refractivity (Wildman–Crippen MR) is 105 cm³/mol. The van der Waals surface area contributed by atoms with Gasteiger partial charge < -0.3 is 9.90 Å². The van der Waals surface area contributed by atoms with E-state index in [1.165, 1.54) is 38.5 Å². The van der Waals surface area contributed by atoms with Gasteiger partial charge in [0.2, 0.25) is 11.8 Å². The number of unbranched alkanes of at least 4 members (excludes halogenated alkanes) is 9. The second kappa shape index (κ2) is 15.8. The summed E-state index contributed by atoms with van der Waals surface area (Å²) in [5.74, 6) is -2.17. The molecule has 1 unspecified atom stereocenters. The quantitative estimate of drug-likeness (QED) is 0.172. The average Bonchev–Trinajstić information content (AvgIpc) is 2.98. The third-order valence-electron chi connectivity index (χ3n) is 5.33. The molecular formula is C22H36KNO4. The topological polar surface area (TPSA) is 77.5 Å². The van der Waals surface area contributed by atoms with Gasteiger partial charge in [0, 0.05) is 12.8 Å². The average molecular weight is 418 g/mol. The van der Waals surface area contributed by atoms with E-state index >= 15 is 0 Å². The molecule has 0 bridgehead atoms. The van der Waals surface area contributed by atoms with E-state index in [2.05, 4.69) is 6.92 Å². The number of nitrogens with zero attached hydrogens (tertiary/aromatic N) is 1. The number of allylic oxidation sites excluding steroid dienone is 1. The Morgan fingerprint density at radius 3 is 1.93 bits per heavy atom. The Hall–Kier alpha value is -0.0136. The van der Waals surface area contributed by atoms with Crippen molar-refractivity contribution in [2.75, 3.05) is 0 Å². The van der Waals surface area contributed by atoms with Gasteiger partial charge in [0.25, 0.3) is 0 Å². The minimum atomic E-state index is -1.62. The number of carbonyl (C=O) groups is 3. The molecule has 5 nitrogen and oxygen atoms in total. The monoisotopic (exact) mass is 417 g/mol. The summed E-state index contributed by atoms with van der Waals surface area (Å²) in [6.07, 6.45) is 15.6. The Labute approximate surface area is 213 Å². The first-order valence-corrected chi connectivity index (χ1v) is 10.7. The number of imide groups is 1. The summed E-state index contributed by atoms with van der Waals surface area (Å²) in [6.45, 7) is 4.17. The normalized spacial score (nSPS) is 16.4. The van der Waals surface area contributed by atoms with Crippen molar-refractivity contribution in [1.82, 2.24) is 4.90 Å². The van der Waals surface area contributed by atoms with Crippen LogP contribution in [-0.2, 0) is 14.4 Å². The Bertz CT molecular complexity index is 505. The molecule has 1 fully saturated rings. The molecule has 1 saturated heterocycles. The van der Waals surface area contributed by atoms with Gasteiger partial charge in [-0.15, -0.1) is 0 Å². The van der Waals surface area contributed by atoms with Gasteiger partial charge in [-0.05, 0) is 19.3 Å². The molecule has 0 aromatic carbocycles. The molecule has 0 aromatic heterocycles. The van der Waals surface area contributed by atoms with Crippen molar-refractivity contribution in [3.63, 3.8) is 0 Å². The maximum atomic E-state index is 12.2. The molecule has 0 aliphatic carbocycles. The van der Waals surface area contributed by atoms with Crippen molar-refractivity contribution < 1.29 is 70.9 Å². The van der Waals surface area contributed by atoms with E-state index in [1.54, 1.807) is 6.08 Å². The number of carboxylic acid groups (broad SMARTS) is 1. The molecule has 2 amide bonds. The Morgan fingerprint density at radius 1 is 0.929 bits per heavy atom. The van der Waals surface area contributed by atoms with E-state index in [0.29, 0.717) is 6.42 Å². The van der Waals surface area contributed by atoms with E-state index in [4.69, 9.17) is 0 Å². The van der Waals surface area contributed by atoms with Crippen LogP contribution in [0.5, 0.6) is 0 Å². The first-order valence-electron chi connectivity index (χ1n) is 10.7. The number of carboxylic acids is 1. The molecule has 28 heavy (non-hydrogen) atoms. The first kappa shape index (κ1) is 28.0. The van der Waals surface area contributed by atoms with Crippen LogP contribution in [0.15, 0.2) is 12.2 Å². The van der Waals surface area contributed by atoms with Crippen LogP contribution in [0, 0.1) is 0 Å². The first-order chi connectivity index (χ1) is 13.0. The minimum Gasteiger partial charge on any atom is -0.547 e. The molecule has 0 N–H and O–H groups in total. The van der Waals surface area contributed by atoms with Gasteiger partial charge in [0.05, 0.1) is 5.97 Å². The standard InChI is InChI=1S/C22H37NO4.K/c1-3-5-7-8-9-10-11-12-13-14-18-22(21(26)27,17-6-4-2)23-19(24)15-16-20(23)25;/h14,18H,3-13,15-17H2,1-2H3,(H,26,27);/q;+1/p-1. The number of aliphatic carboxylic acids is 1. The summed E-state index contributed by atoms with van der Waals surface area (Å²) in [5.41, 5.74) is -1.62. The van der Waals surface area contributed by atoms with Crippen molar-refractivity contribution in [3.05, 3.63) is 12.2 Å². The van der Waals surface area contributed by atoms with Crippen molar-refractivity contribution in [2.45, 2.75) is 109 Å². The second-order valence-corrected chi connectivity index (χ2v) is 7.60. The van der Waals surface area contributed by atoms with Crippen LogP contribution in [0.25, 0.3) is 0 Å². The van der Waals surface area contributed by atoms with E-state index in [9.17, 15) is 19.5 Å². The zero-order valence-corrected chi connectivity index (χ0v) is 21.3. The zero-order chi connectivity index (χ0) is 20.1. The molecule has 1 rings (SSSR count). The number of amides is 2. The molecule has 1 atom stereocenters. The van der Waals surface area contributed by atoms with E-state index in [1.807, 2.05) is 13.0 Å². The third-order valence-corrected chi connectivity index (χ3v) is 5.33. The molecule has 0 aromatic rings. The Balaban J connectivity index is 0.00000729. The minimum absolute atomic E-state index is 0. The molecule has 0 saturated carbocycles. The molecule has 0 radical (unpaired) electrons. The van der Waals surface area contributed by atoms with Crippen LogP contribution >= 0.6 is 0 Å². The van der Waals surface area contributed by atoms with Crippen LogP contribution in [-0.4, -0.2) is 28.2 Å². The van der Waals surface area contributed by atoms with Crippen molar-refractivity contribution in [2.24, 2.45) is 0 Å². The zero-order valence-electron chi connectivity index (χ0n) is 18.1. The summed E-state index contributed by atoms with van der Waals surface area (Å²) in [4.78, 5) is 37.3. The van der Waals surface area contributed by atoms with Gasteiger partial charge in [0.15, 0.2) is 0 Å². The molecule has 1 heterocycles. The Morgan fingerprint density at radius 2 is 1.43 bits per heavy atom. The van der Waals surface area contributed by atoms with Crippen molar-refractivity contribution in [1.29, 1.82) is 0 Å². The fourth-order valence-electron chi connectivity index (χ4n) is 3.67. The summed E-state index contributed by atoms with van der Waals surface area (Å²) in [7, 11) is 0. The Kier molecular flexibility index (Phi) is 15.8. The van der Waals surface area contributed by atoms with Gasteiger partial charge in [0.1, 0.15) is 5.54 Å². The summed E-state index contributed by atoms with van der Waals surface area (Å²) in [6, 6.07) is 0. The van der Waals surface area contributed by atoms with Gasteiger partial charge in [-0.2, -0.15) is 0 Å². The predicted octanol–water partition coefficient (Wildman–Crippen LogP) is 0.905. The van der Waals surface area contributed by atoms with Gasteiger partial charge in [-0.25, -0.2) is 0 Å². The van der Waals surface area contributed by atoms with Gasteiger partial charge in [-0.1, -0.05) is 83.8 Å². The third kappa shape index (κ3) is 8.78. The summed E-state index contributed by atoms with van der Waals surface area (Å²) >= 11 is 0. The summed E-state index contributed by atoms with van der Waals surface area (Å²) in [5, 5.41) is 12.0. The van der Waals surface area contributed by atoms with Gasteiger partial charge in [-0.3, -0.25) is 14.5 Å². The number of hydrogen-bond donors (Lipinski definition) is 0. The number of hydrogen-bond acceptors (Lipinski definition) is 4. The fraction of sp³-hybridized carbons (Fsp3) is 0.773. The largest absolute Gasteiger partial charge is 1.00 e. The molecule has 0 spiro atoms. The molecule has 154 valence electrons. The molecule has 1 aliphatic heterocycles. The van der Waals surface area contributed by atoms with Crippen LogP contribution in [0.1, 0.15) is 104 Å². The van der Waals surface area contributed by atoms with Crippen LogP contribution in [0.4, 0.5) is 0 Å². The smallest absolute Gasteiger partial charge is 0.547 e. The second-order valence-electron chi connectivity index (χ2n) is 7.60. The maximum Gasteiger partial charge on any atom is 1.00 e. The molecule has 1 aliphatic rings. The molecule has 6 heteroatoms. The number of rotatable bonds is 15. The number of carbonyl (C=O) groups excluding carboxylic acids is 3.